The van der Waals surface area contributed by atoms with Crippen molar-refractivity contribution in [3.05, 3.63) is 48.6 Å². The molecule has 70 valence electrons. The molecule has 2 rings (SSSR count). The minimum absolute atomic E-state index is 0.500. The van der Waals surface area contributed by atoms with Crippen molar-refractivity contribution in [3.63, 3.8) is 0 Å². The zero-order valence-corrected chi connectivity index (χ0v) is 10.1. The minimum atomic E-state index is 0.500. The van der Waals surface area contributed by atoms with E-state index in [-0.39, 0.29) is 0 Å². The predicted molar refractivity (Wildman–Crippen MR) is 57.5 cm³/mol. The van der Waals surface area contributed by atoms with E-state index >= 15 is 0 Å². The molecule has 0 atom stereocenters. The Morgan fingerprint density at radius 3 is 1.00 bits per heavy atom. The van der Waals surface area contributed by atoms with Gasteiger partial charge in [0.05, 0.1) is 0 Å². The van der Waals surface area contributed by atoms with Crippen molar-refractivity contribution in [1.82, 2.24) is 0 Å². The molecule has 0 aliphatic heterocycles. The zero-order chi connectivity index (χ0) is 9.78. The maximum atomic E-state index is 2.25. The molecule has 1 heteroatoms. The van der Waals surface area contributed by atoms with Crippen molar-refractivity contribution in [3.8, 4) is 0 Å². The van der Waals surface area contributed by atoms with E-state index in [1.165, 1.54) is 0 Å². The average Bonchev–Trinajstić information content (AvgIpc) is 2.85. The molecular formula is C12H18Ti. The first-order valence-electron chi connectivity index (χ1n) is 4.63. The van der Waals surface area contributed by atoms with Crippen molar-refractivity contribution in [2.24, 2.45) is 0 Å². The Morgan fingerprint density at radius 1 is 0.692 bits per heavy atom. The summed E-state index contributed by atoms with van der Waals surface area (Å²) in [6, 6.07) is 0. The topological polar surface area (TPSA) is 0 Å². The molecule has 0 saturated heterocycles. The van der Waals surface area contributed by atoms with Gasteiger partial charge in [-0.1, -0.05) is 48.6 Å². The molecule has 0 aromatic carbocycles. The standard InChI is InChI=1S/2C5H6.2CH3.Ti/c2*1-2-4-5-3-1;;;/h2*1-4H,5H2;2*1H3;. The van der Waals surface area contributed by atoms with Gasteiger partial charge in [-0.2, -0.15) is 0 Å². The van der Waals surface area contributed by atoms with Crippen LogP contribution in [0.3, 0.4) is 0 Å². The SMILES string of the molecule is C1=CCC=C1.C1=CCC=C1.[CH3][Ti][CH3]. The van der Waals surface area contributed by atoms with Crippen molar-refractivity contribution in [2.75, 3.05) is 0 Å². The number of hydrogen-bond donors (Lipinski definition) is 0. The third kappa shape index (κ3) is 11.7. The number of hydrogen-bond acceptors (Lipinski definition) is 0. The second-order valence-corrected chi connectivity index (χ2v) is 4.25. The molecule has 0 saturated carbocycles. The summed E-state index contributed by atoms with van der Waals surface area (Å²) >= 11 is 0.500. The molecule has 0 aromatic heterocycles. The molecule has 0 radical (unpaired) electrons. The van der Waals surface area contributed by atoms with Gasteiger partial charge in [-0.05, 0) is 12.8 Å². The zero-order valence-electron chi connectivity index (χ0n) is 8.53. The fraction of sp³-hybridized carbons (Fsp3) is 0.333. The summed E-state index contributed by atoms with van der Waals surface area (Å²) in [6.45, 7) is 0. The van der Waals surface area contributed by atoms with E-state index in [1.54, 1.807) is 0 Å². The molecule has 0 unspecified atom stereocenters. The van der Waals surface area contributed by atoms with Crippen LogP contribution in [-0.4, -0.2) is 0 Å². The van der Waals surface area contributed by atoms with Gasteiger partial charge in [-0.3, -0.25) is 0 Å². The molecule has 2 aliphatic rings. The molecule has 2 aliphatic carbocycles. The van der Waals surface area contributed by atoms with E-state index in [4.69, 9.17) is 0 Å². The Hall–Kier alpha value is -0.326. The van der Waals surface area contributed by atoms with Crippen LogP contribution in [0.25, 0.3) is 0 Å². The molecule has 0 aromatic rings. The van der Waals surface area contributed by atoms with Gasteiger partial charge < -0.3 is 0 Å². The molecule has 0 N–H and O–H groups in total. The molecule has 13 heavy (non-hydrogen) atoms. The van der Waals surface area contributed by atoms with Crippen LogP contribution in [0, 0.1) is 0 Å². The van der Waals surface area contributed by atoms with E-state index in [0.29, 0.717) is 19.2 Å². The van der Waals surface area contributed by atoms with Crippen molar-refractivity contribution >= 4 is 0 Å². The first-order chi connectivity index (χ1) is 6.41. The van der Waals surface area contributed by atoms with Gasteiger partial charge in [0.1, 0.15) is 0 Å². The predicted octanol–water partition coefficient (Wildman–Crippen LogP) is 4.17. The Bertz CT molecular complexity index is 155. The van der Waals surface area contributed by atoms with Crippen LogP contribution in [0.1, 0.15) is 12.8 Å². The Labute approximate surface area is 91.0 Å². The molecular weight excluding hydrogens is 192 g/mol. The second-order valence-electron chi connectivity index (χ2n) is 2.68. The van der Waals surface area contributed by atoms with Crippen LogP contribution >= 0.6 is 0 Å². The van der Waals surface area contributed by atoms with Gasteiger partial charge in [-0.15, -0.1) is 0 Å². The van der Waals surface area contributed by atoms with Crippen LogP contribution in [0.15, 0.2) is 48.6 Å². The van der Waals surface area contributed by atoms with E-state index < -0.39 is 0 Å². The maximum absolute atomic E-state index is 2.25. The summed E-state index contributed by atoms with van der Waals surface area (Å²) in [5, 5.41) is 4.50. The van der Waals surface area contributed by atoms with E-state index in [1.807, 2.05) is 0 Å². The monoisotopic (exact) mass is 210 g/mol. The second kappa shape index (κ2) is 11.7. The van der Waals surface area contributed by atoms with Crippen molar-refractivity contribution < 1.29 is 19.2 Å². The summed E-state index contributed by atoms with van der Waals surface area (Å²) in [4.78, 5) is 0. The van der Waals surface area contributed by atoms with Gasteiger partial charge in [0.25, 0.3) is 0 Å². The van der Waals surface area contributed by atoms with Gasteiger partial charge >= 0.3 is 29.6 Å². The van der Waals surface area contributed by atoms with Crippen LogP contribution in [0.2, 0.25) is 10.5 Å². The summed E-state index contributed by atoms with van der Waals surface area (Å²) < 4.78 is 0. The Balaban J connectivity index is 0.000000174. The number of allylic oxidation sites excluding steroid dienone is 8. The first kappa shape index (κ1) is 12.7. The van der Waals surface area contributed by atoms with Gasteiger partial charge in [0.15, 0.2) is 0 Å². The number of rotatable bonds is 0. The molecule has 0 amide bonds. The third-order valence-corrected chi connectivity index (χ3v) is 1.31. The summed E-state index contributed by atoms with van der Waals surface area (Å²) in [5.41, 5.74) is 0. The Morgan fingerprint density at radius 2 is 0.923 bits per heavy atom. The first-order valence-corrected chi connectivity index (χ1v) is 7.76. The van der Waals surface area contributed by atoms with E-state index in [0.717, 1.165) is 12.8 Å². The van der Waals surface area contributed by atoms with Crippen LogP contribution in [0.5, 0.6) is 0 Å². The van der Waals surface area contributed by atoms with Gasteiger partial charge in [0, 0.05) is 0 Å². The van der Waals surface area contributed by atoms with Crippen molar-refractivity contribution in [2.45, 2.75) is 23.3 Å². The molecule has 0 bridgehead atoms. The molecule has 0 fully saturated rings. The fourth-order valence-electron chi connectivity index (χ4n) is 0.786. The van der Waals surface area contributed by atoms with Crippen LogP contribution < -0.4 is 0 Å². The van der Waals surface area contributed by atoms with E-state index in [2.05, 4.69) is 59.1 Å². The Kier molecular flexibility index (Phi) is 11.4. The van der Waals surface area contributed by atoms with Crippen molar-refractivity contribution in [1.29, 1.82) is 0 Å². The fourth-order valence-corrected chi connectivity index (χ4v) is 0.786. The molecule has 0 heterocycles. The molecule has 0 nitrogen and oxygen atoms in total. The quantitative estimate of drug-likeness (QED) is 0.526. The van der Waals surface area contributed by atoms with E-state index in [9.17, 15) is 0 Å². The van der Waals surface area contributed by atoms with Crippen LogP contribution in [0.4, 0.5) is 0 Å². The average molecular weight is 210 g/mol. The molecule has 0 spiro atoms. The van der Waals surface area contributed by atoms with Crippen LogP contribution in [-0.2, 0) is 19.2 Å². The summed E-state index contributed by atoms with van der Waals surface area (Å²) in [5.74, 6) is 0. The third-order valence-electron chi connectivity index (χ3n) is 1.31. The normalized spacial score (nSPS) is 14.6. The summed E-state index contributed by atoms with van der Waals surface area (Å²) in [6.07, 6.45) is 19.0. The summed E-state index contributed by atoms with van der Waals surface area (Å²) in [7, 11) is 0. The van der Waals surface area contributed by atoms with Gasteiger partial charge in [-0.25, -0.2) is 0 Å². The van der Waals surface area contributed by atoms with Gasteiger partial charge in [0.2, 0.25) is 0 Å².